The SMILES string of the molecule is C/C=C(/C)C(C)C.C/C=C\C(C)C.C=C(C)C(C)C.CC(C)=C(C)C(C)C. The molecule has 0 fully saturated rings. The zero-order chi connectivity index (χ0) is 22.7. The summed E-state index contributed by atoms with van der Waals surface area (Å²) in [5.41, 5.74) is 5.71. The van der Waals surface area contributed by atoms with Crippen molar-refractivity contribution in [1.29, 1.82) is 0 Å². The van der Waals surface area contributed by atoms with Gasteiger partial charge in [0, 0.05) is 0 Å². The van der Waals surface area contributed by atoms with Crippen LogP contribution < -0.4 is 0 Å². The van der Waals surface area contributed by atoms with Crippen LogP contribution in [-0.4, -0.2) is 0 Å². The first kappa shape index (κ1) is 33.5. The van der Waals surface area contributed by atoms with Crippen molar-refractivity contribution in [2.24, 2.45) is 23.7 Å². The van der Waals surface area contributed by atoms with Crippen LogP contribution in [0.1, 0.15) is 104 Å². The van der Waals surface area contributed by atoms with Crippen LogP contribution in [0.3, 0.4) is 0 Å². The van der Waals surface area contributed by atoms with Crippen LogP contribution in [0.2, 0.25) is 0 Å². The molecular weight excluding hydrogens is 324 g/mol. The Hall–Kier alpha value is -1.04. The molecular formula is C27H54. The van der Waals surface area contributed by atoms with Crippen molar-refractivity contribution in [2.45, 2.75) is 104 Å². The second kappa shape index (κ2) is 21.3. The van der Waals surface area contributed by atoms with Gasteiger partial charge in [-0.1, -0.05) is 102 Å². The third-order valence-corrected chi connectivity index (χ3v) is 4.58. The summed E-state index contributed by atoms with van der Waals surface area (Å²) >= 11 is 0. The fraction of sp³-hybridized carbons (Fsp3) is 0.704. The van der Waals surface area contributed by atoms with Crippen molar-refractivity contribution in [3.63, 3.8) is 0 Å². The molecule has 0 spiro atoms. The van der Waals surface area contributed by atoms with E-state index in [-0.39, 0.29) is 0 Å². The minimum Gasteiger partial charge on any atom is -0.0999 e. The molecule has 0 heteroatoms. The molecule has 0 unspecified atom stereocenters. The number of hydrogen-bond acceptors (Lipinski definition) is 0. The highest BCUT2D eigenvalue weighted by Crippen LogP contribution is 2.12. The van der Waals surface area contributed by atoms with E-state index >= 15 is 0 Å². The molecule has 0 aliphatic heterocycles. The highest BCUT2D eigenvalue weighted by Gasteiger charge is 1.95. The molecule has 0 nitrogen and oxygen atoms in total. The minimum absolute atomic E-state index is 0.657. The van der Waals surface area contributed by atoms with Crippen molar-refractivity contribution in [3.05, 3.63) is 47.1 Å². The van der Waals surface area contributed by atoms with E-state index in [9.17, 15) is 0 Å². The molecule has 0 aliphatic carbocycles. The quantitative estimate of drug-likeness (QED) is 0.427. The molecule has 0 aliphatic rings. The number of allylic oxidation sites excluding steroid dienone is 7. The third kappa shape index (κ3) is 33.0. The van der Waals surface area contributed by atoms with Crippen LogP contribution in [0, 0.1) is 23.7 Å². The van der Waals surface area contributed by atoms with Crippen molar-refractivity contribution in [2.75, 3.05) is 0 Å². The van der Waals surface area contributed by atoms with Crippen molar-refractivity contribution < 1.29 is 0 Å². The first-order valence-corrected chi connectivity index (χ1v) is 10.7. The van der Waals surface area contributed by atoms with E-state index in [4.69, 9.17) is 0 Å². The molecule has 0 aromatic heterocycles. The molecule has 0 saturated heterocycles. The number of rotatable bonds is 4. The standard InChI is InChI=1S/C8H16.C7H14.2C6H12/c1-6(2)8(5)7(3)4;1-5-7(4)6(2)3;1-5(2)6(3)4;1-4-5-6(2)3/h6H,1-5H3;5-6H,1-4H3;6H,1H2,2-4H3;4-6H,1-3H3/b;7-5-;;5-4-. The Balaban J connectivity index is -0.000000132. The maximum absolute atomic E-state index is 3.75. The molecule has 0 heterocycles. The van der Waals surface area contributed by atoms with E-state index in [1.807, 2.05) is 13.8 Å². The lowest BCUT2D eigenvalue weighted by Gasteiger charge is -2.05. The third-order valence-electron chi connectivity index (χ3n) is 4.58. The van der Waals surface area contributed by atoms with Gasteiger partial charge in [0.25, 0.3) is 0 Å². The van der Waals surface area contributed by atoms with Crippen LogP contribution in [-0.2, 0) is 0 Å². The average Bonchev–Trinajstić information content (AvgIpc) is 2.54. The highest BCUT2D eigenvalue weighted by atomic mass is 14.0. The molecule has 0 aromatic carbocycles. The summed E-state index contributed by atoms with van der Waals surface area (Å²) < 4.78 is 0. The van der Waals surface area contributed by atoms with Gasteiger partial charge in [0.1, 0.15) is 0 Å². The topological polar surface area (TPSA) is 0 Å². The van der Waals surface area contributed by atoms with Gasteiger partial charge in [-0.05, 0) is 72.1 Å². The Bertz CT molecular complexity index is 419. The molecule has 0 aromatic rings. The van der Waals surface area contributed by atoms with Crippen LogP contribution >= 0.6 is 0 Å². The lowest BCUT2D eigenvalue weighted by Crippen LogP contribution is -1.89. The summed E-state index contributed by atoms with van der Waals surface area (Å²) in [4.78, 5) is 0. The second-order valence-corrected chi connectivity index (χ2v) is 8.80. The van der Waals surface area contributed by atoms with Gasteiger partial charge in [0.2, 0.25) is 0 Å². The van der Waals surface area contributed by atoms with Crippen molar-refractivity contribution in [1.82, 2.24) is 0 Å². The van der Waals surface area contributed by atoms with E-state index < -0.39 is 0 Å². The van der Waals surface area contributed by atoms with Crippen LogP contribution in [0.25, 0.3) is 0 Å². The molecule has 0 N–H and O–H groups in total. The highest BCUT2D eigenvalue weighted by molar-refractivity contribution is 5.08. The molecule has 0 radical (unpaired) electrons. The van der Waals surface area contributed by atoms with E-state index in [0.29, 0.717) is 5.92 Å². The van der Waals surface area contributed by atoms with E-state index in [1.165, 1.54) is 22.3 Å². The van der Waals surface area contributed by atoms with Crippen LogP contribution in [0.15, 0.2) is 47.1 Å². The Kier molecular flexibility index (Phi) is 26.4. The van der Waals surface area contributed by atoms with Gasteiger partial charge in [0.15, 0.2) is 0 Å². The van der Waals surface area contributed by atoms with Crippen molar-refractivity contribution >= 4 is 0 Å². The zero-order valence-corrected chi connectivity index (χ0v) is 21.7. The monoisotopic (exact) mass is 378 g/mol. The minimum atomic E-state index is 0.657. The summed E-state index contributed by atoms with van der Waals surface area (Å²) in [5.74, 6) is 2.82. The fourth-order valence-electron chi connectivity index (χ4n) is 1.30. The molecule has 0 amide bonds. The van der Waals surface area contributed by atoms with E-state index in [2.05, 4.69) is 115 Å². The fourth-order valence-corrected chi connectivity index (χ4v) is 1.30. The van der Waals surface area contributed by atoms with Crippen molar-refractivity contribution in [3.8, 4) is 0 Å². The lowest BCUT2D eigenvalue weighted by molar-refractivity contribution is 0.756. The van der Waals surface area contributed by atoms with Gasteiger partial charge < -0.3 is 0 Å². The predicted molar refractivity (Wildman–Crippen MR) is 132 cm³/mol. The van der Waals surface area contributed by atoms with Crippen LogP contribution in [0.5, 0.6) is 0 Å². The number of hydrogen-bond donors (Lipinski definition) is 0. The van der Waals surface area contributed by atoms with Gasteiger partial charge in [-0.15, -0.1) is 0 Å². The largest absolute Gasteiger partial charge is 0.0999 e. The maximum atomic E-state index is 3.75. The van der Waals surface area contributed by atoms with Crippen LogP contribution in [0.4, 0.5) is 0 Å². The van der Waals surface area contributed by atoms with Gasteiger partial charge in [-0.3, -0.25) is 0 Å². The smallest absolute Gasteiger partial charge is 0.0260 e. The Morgan fingerprint density at radius 3 is 1.04 bits per heavy atom. The van der Waals surface area contributed by atoms with Gasteiger partial charge >= 0.3 is 0 Å². The first-order chi connectivity index (χ1) is 12.1. The Morgan fingerprint density at radius 1 is 0.667 bits per heavy atom. The zero-order valence-electron chi connectivity index (χ0n) is 21.7. The van der Waals surface area contributed by atoms with Gasteiger partial charge in [-0.2, -0.15) is 0 Å². The average molecular weight is 379 g/mol. The molecule has 162 valence electrons. The first-order valence-electron chi connectivity index (χ1n) is 10.7. The molecule has 0 atom stereocenters. The summed E-state index contributed by atoms with van der Waals surface area (Å²) in [6.45, 7) is 36.1. The molecule has 0 rings (SSSR count). The lowest BCUT2D eigenvalue weighted by atomic mass is 10.0. The Labute approximate surface area is 174 Å². The summed E-state index contributed by atoms with van der Waals surface area (Å²) in [6, 6.07) is 0. The normalized spacial score (nSPS) is 10.9. The van der Waals surface area contributed by atoms with Gasteiger partial charge in [0.05, 0.1) is 0 Å². The van der Waals surface area contributed by atoms with E-state index in [0.717, 1.165) is 17.8 Å². The van der Waals surface area contributed by atoms with Gasteiger partial charge in [-0.25, -0.2) is 0 Å². The second-order valence-electron chi connectivity index (χ2n) is 8.80. The molecule has 27 heavy (non-hydrogen) atoms. The summed E-state index contributed by atoms with van der Waals surface area (Å²) in [7, 11) is 0. The summed E-state index contributed by atoms with van der Waals surface area (Å²) in [5, 5.41) is 0. The molecule has 0 saturated carbocycles. The molecule has 0 bridgehead atoms. The maximum Gasteiger partial charge on any atom is -0.0260 e. The Morgan fingerprint density at radius 2 is 1.04 bits per heavy atom. The predicted octanol–water partition coefficient (Wildman–Crippen LogP) is 10.0. The van der Waals surface area contributed by atoms with E-state index in [1.54, 1.807) is 0 Å². The summed E-state index contributed by atoms with van der Waals surface area (Å²) in [6.07, 6.45) is 6.40.